The van der Waals surface area contributed by atoms with Crippen molar-refractivity contribution in [2.45, 2.75) is 31.6 Å². The van der Waals surface area contributed by atoms with Crippen LogP contribution in [0.25, 0.3) is 11.4 Å². The van der Waals surface area contributed by atoms with E-state index in [0.29, 0.717) is 29.4 Å². The van der Waals surface area contributed by atoms with Gasteiger partial charge >= 0.3 is 0 Å². The number of sulfonamides is 1. The molecule has 0 aliphatic heterocycles. The van der Waals surface area contributed by atoms with Crippen molar-refractivity contribution < 1.29 is 12.9 Å². The molecule has 0 unspecified atom stereocenters. The zero-order chi connectivity index (χ0) is 18.6. The van der Waals surface area contributed by atoms with E-state index in [1.165, 1.54) is 5.56 Å². The first kappa shape index (κ1) is 18.3. The Morgan fingerprint density at radius 3 is 2.54 bits per heavy atom. The van der Waals surface area contributed by atoms with Gasteiger partial charge in [-0.3, -0.25) is 0 Å². The molecule has 0 bridgehead atoms. The summed E-state index contributed by atoms with van der Waals surface area (Å²) in [6.45, 7) is 3.84. The van der Waals surface area contributed by atoms with Gasteiger partial charge in [0.25, 0.3) is 0 Å². The minimum Gasteiger partial charge on any atom is -0.339 e. The molecule has 1 aromatic heterocycles. The summed E-state index contributed by atoms with van der Waals surface area (Å²) < 4.78 is 33.0. The lowest BCUT2D eigenvalue weighted by molar-refractivity contribution is 0.394. The van der Waals surface area contributed by atoms with Crippen LogP contribution in [0.1, 0.15) is 23.4 Å². The fourth-order valence-electron chi connectivity index (χ4n) is 2.67. The van der Waals surface area contributed by atoms with Crippen LogP contribution < -0.4 is 4.72 Å². The largest absolute Gasteiger partial charge is 0.339 e. The molecule has 26 heavy (non-hydrogen) atoms. The van der Waals surface area contributed by atoms with Crippen LogP contribution >= 0.6 is 0 Å². The zero-order valence-corrected chi connectivity index (χ0v) is 15.6. The van der Waals surface area contributed by atoms with Crippen LogP contribution in [0.4, 0.5) is 0 Å². The molecule has 0 saturated heterocycles. The molecule has 0 atom stereocenters. The molecule has 0 saturated carbocycles. The Labute approximate surface area is 153 Å². The first-order valence-corrected chi connectivity index (χ1v) is 9.89. The molecule has 0 amide bonds. The van der Waals surface area contributed by atoms with Gasteiger partial charge in [-0.1, -0.05) is 47.6 Å². The van der Waals surface area contributed by atoms with Crippen LogP contribution in [0.5, 0.6) is 0 Å². The highest BCUT2D eigenvalue weighted by Gasteiger charge is 2.18. The Morgan fingerprint density at radius 1 is 1.08 bits per heavy atom. The molecule has 0 fully saturated rings. The van der Waals surface area contributed by atoms with Gasteiger partial charge in [0.15, 0.2) is 0 Å². The highest BCUT2D eigenvalue weighted by atomic mass is 32.2. The molecule has 1 N–H and O–H groups in total. The number of rotatable bonds is 7. The lowest BCUT2D eigenvalue weighted by Gasteiger charge is -2.10. The first-order valence-electron chi connectivity index (χ1n) is 8.40. The van der Waals surface area contributed by atoms with Crippen molar-refractivity contribution >= 4 is 10.0 Å². The van der Waals surface area contributed by atoms with Crippen molar-refractivity contribution in [2.75, 3.05) is 6.54 Å². The van der Waals surface area contributed by atoms with Crippen molar-refractivity contribution in [3.05, 3.63) is 65.5 Å². The predicted octanol–water partition coefficient (Wildman–Crippen LogP) is 3.26. The third kappa shape index (κ3) is 4.36. The van der Waals surface area contributed by atoms with Crippen LogP contribution in [-0.2, 0) is 16.4 Å². The van der Waals surface area contributed by atoms with E-state index >= 15 is 0 Å². The summed E-state index contributed by atoms with van der Waals surface area (Å²) in [7, 11) is -3.61. The zero-order valence-electron chi connectivity index (χ0n) is 14.8. The third-order valence-electron chi connectivity index (χ3n) is 4.04. The van der Waals surface area contributed by atoms with E-state index in [9.17, 15) is 8.42 Å². The summed E-state index contributed by atoms with van der Waals surface area (Å²) in [5, 5.41) is 3.85. The van der Waals surface area contributed by atoms with Crippen molar-refractivity contribution in [3.63, 3.8) is 0 Å². The Balaban J connectivity index is 1.70. The molecule has 6 nitrogen and oxygen atoms in total. The summed E-state index contributed by atoms with van der Waals surface area (Å²) in [5.41, 5.74) is 2.47. The Morgan fingerprint density at radius 2 is 1.85 bits per heavy atom. The van der Waals surface area contributed by atoms with Gasteiger partial charge < -0.3 is 4.52 Å². The van der Waals surface area contributed by atoms with Crippen LogP contribution in [0.15, 0.2) is 57.9 Å². The molecule has 7 heteroatoms. The van der Waals surface area contributed by atoms with E-state index in [2.05, 4.69) is 14.9 Å². The van der Waals surface area contributed by atoms with E-state index < -0.39 is 10.0 Å². The maximum absolute atomic E-state index is 12.7. The quantitative estimate of drug-likeness (QED) is 0.644. The van der Waals surface area contributed by atoms with Gasteiger partial charge in [-0.15, -0.1) is 0 Å². The van der Waals surface area contributed by atoms with Crippen molar-refractivity contribution in [3.8, 4) is 11.4 Å². The molecule has 0 aliphatic rings. The lowest BCUT2D eigenvalue weighted by Crippen LogP contribution is -2.25. The second kappa shape index (κ2) is 7.80. The Bertz CT molecular complexity index is 982. The van der Waals surface area contributed by atoms with Crippen LogP contribution in [-0.4, -0.2) is 25.1 Å². The standard InChI is InChI=1S/C19H21N3O3S/c1-14-10-11-17(19-21-15(2)25-22-19)13-18(14)26(23,24)20-12-6-9-16-7-4-3-5-8-16/h3-5,7-8,10-11,13,20H,6,9,12H2,1-2H3. The maximum atomic E-state index is 12.7. The molecular weight excluding hydrogens is 350 g/mol. The summed E-state index contributed by atoms with van der Waals surface area (Å²) >= 11 is 0. The first-order chi connectivity index (χ1) is 12.5. The highest BCUT2D eigenvalue weighted by Crippen LogP contribution is 2.23. The number of hydrogen-bond donors (Lipinski definition) is 1. The topological polar surface area (TPSA) is 85.1 Å². The minimum atomic E-state index is -3.61. The van der Waals surface area contributed by atoms with E-state index in [4.69, 9.17) is 4.52 Å². The Kier molecular flexibility index (Phi) is 5.49. The van der Waals surface area contributed by atoms with Crippen molar-refractivity contribution in [2.24, 2.45) is 0 Å². The average molecular weight is 371 g/mol. The molecule has 1 heterocycles. The second-order valence-electron chi connectivity index (χ2n) is 6.10. The molecule has 0 aliphatic carbocycles. The van der Waals surface area contributed by atoms with Gasteiger partial charge in [-0.2, -0.15) is 4.98 Å². The molecular formula is C19H21N3O3S. The molecule has 136 valence electrons. The smallest absolute Gasteiger partial charge is 0.240 e. The number of nitrogens with zero attached hydrogens (tertiary/aromatic N) is 2. The number of benzene rings is 2. The maximum Gasteiger partial charge on any atom is 0.240 e. The molecule has 3 rings (SSSR count). The average Bonchev–Trinajstić information content (AvgIpc) is 3.06. The van der Waals surface area contributed by atoms with Gasteiger partial charge in [0.1, 0.15) is 0 Å². The Hall–Kier alpha value is -2.51. The van der Waals surface area contributed by atoms with Gasteiger partial charge in [-0.25, -0.2) is 13.1 Å². The fraction of sp³-hybridized carbons (Fsp3) is 0.263. The van der Waals surface area contributed by atoms with E-state index in [0.717, 1.165) is 12.8 Å². The second-order valence-corrected chi connectivity index (χ2v) is 7.84. The predicted molar refractivity (Wildman–Crippen MR) is 99.2 cm³/mol. The van der Waals surface area contributed by atoms with E-state index in [1.807, 2.05) is 30.3 Å². The molecule has 2 aromatic carbocycles. The third-order valence-corrected chi connectivity index (χ3v) is 5.64. The van der Waals surface area contributed by atoms with E-state index in [1.54, 1.807) is 32.0 Å². The normalized spacial score (nSPS) is 11.6. The monoisotopic (exact) mass is 371 g/mol. The number of hydrogen-bond acceptors (Lipinski definition) is 5. The van der Waals surface area contributed by atoms with Crippen LogP contribution in [0, 0.1) is 13.8 Å². The van der Waals surface area contributed by atoms with Crippen LogP contribution in [0.3, 0.4) is 0 Å². The summed E-state index contributed by atoms with van der Waals surface area (Å²) in [6, 6.07) is 15.1. The number of aryl methyl sites for hydroxylation is 3. The van der Waals surface area contributed by atoms with Gasteiger partial charge in [-0.05, 0) is 37.0 Å². The summed E-state index contributed by atoms with van der Waals surface area (Å²) in [4.78, 5) is 4.38. The van der Waals surface area contributed by atoms with Gasteiger partial charge in [0.05, 0.1) is 4.90 Å². The SMILES string of the molecule is Cc1nc(-c2ccc(C)c(S(=O)(=O)NCCCc3ccccc3)c2)no1. The number of aromatic nitrogens is 2. The van der Waals surface area contributed by atoms with E-state index in [-0.39, 0.29) is 4.90 Å². The molecule has 3 aromatic rings. The van der Waals surface area contributed by atoms with Gasteiger partial charge in [0.2, 0.25) is 21.7 Å². The van der Waals surface area contributed by atoms with Gasteiger partial charge in [0, 0.05) is 19.0 Å². The minimum absolute atomic E-state index is 0.233. The van der Waals surface area contributed by atoms with Crippen LogP contribution in [0.2, 0.25) is 0 Å². The highest BCUT2D eigenvalue weighted by molar-refractivity contribution is 7.89. The van der Waals surface area contributed by atoms with Crippen molar-refractivity contribution in [1.29, 1.82) is 0 Å². The fourth-order valence-corrected chi connectivity index (χ4v) is 4.01. The molecule has 0 spiro atoms. The summed E-state index contributed by atoms with van der Waals surface area (Å²) in [5.74, 6) is 0.812. The molecule has 0 radical (unpaired) electrons. The summed E-state index contributed by atoms with van der Waals surface area (Å²) in [6.07, 6.45) is 1.55. The van der Waals surface area contributed by atoms with Crippen molar-refractivity contribution in [1.82, 2.24) is 14.9 Å². The number of nitrogens with one attached hydrogen (secondary N) is 1. The lowest BCUT2D eigenvalue weighted by atomic mass is 10.1.